The molecule has 5 N–H and O–H groups in total. The summed E-state index contributed by atoms with van der Waals surface area (Å²) in [5, 5.41) is 18.6. The van der Waals surface area contributed by atoms with Crippen LogP contribution in [0, 0.1) is 0 Å². The number of hydrogen-bond donors (Lipinski definition) is 4. The summed E-state index contributed by atoms with van der Waals surface area (Å²) in [7, 11) is -4.74. The zero-order chi connectivity index (χ0) is 40.8. The number of nitrogens with two attached hydrogens (primary N) is 1. The molecule has 0 spiro atoms. The smallest absolute Gasteiger partial charge is 0.472 e. The van der Waals surface area contributed by atoms with Crippen LogP contribution < -0.4 is 5.73 Å². The third kappa shape index (κ3) is 36.5. The van der Waals surface area contributed by atoms with Crippen LogP contribution in [-0.4, -0.2) is 71.1 Å². The number of carbonyl (C=O) groups is 3. The van der Waals surface area contributed by atoms with E-state index in [4.69, 9.17) is 24.8 Å². The van der Waals surface area contributed by atoms with Crippen LogP contribution in [0.5, 0.6) is 0 Å². The molecule has 13 heteroatoms. The van der Waals surface area contributed by atoms with Crippen molar-refractivity contribution in [3.63, 3.8) is 0 Å². The first kappa shape index (κ1) is 52.1. The molecule has 0 bridgehead atoms. The number of hydrogen-bond acceptors (Lipinski definition) is 10. The van der Waals surface area contributed by atoms with Crippen LogP contribution in [-0.2, 0) is 37.5 Å². The second kappa shape index (κ2) is 36.8. The van der Waals surface area contributed by atoms with E-state index < -0.39 is 51.1 Å². The number of allylic oxidation sites excluding steroid dienone is 9. The number of aliphatic carboxylic acids is 1. The summed E-state index contributed by atoms with van der Waals surface area (Å²) < 4.78 is 32.5. The first-order valence-corrected chi connectivity index (χ1v) is 21.9. The van der Waals surface area contributed by atoms with Gasteiger partial charge < -0.3 is 30.3 Å². The molecule has 0 aromatic rings. The van der Waals surface area contributed by atoms with Gasteiger partial charge >= 0.3 is 25.7 Å². The molecule has 0 heterocycles. The number of esters is 2. The molecule has 2 unspecified atom stereocenters. The summed E-state index contributed by atoms with van der Waals surface area (Å²) in [6, 6.07) is -1.54. The van der Waals surface area contributed by atoms with Gasteiger partial charge in [-0.1, -0.05) is 120 Å². The Bertz CT molecular complexity index is 1180. The Morgan fingerprint density at radius 3 is 1.76 bits per heavy atom. The predicted molar refractivity (Wildman–Crippen MR) is 218 cm³/mol. The molecule has 12 nitrogen and oxygen atoms in total. The number of phosphoric acid groups is 1. The topological polar surface area (TPSA) is 192 Å². The molecule has 0 radical (unpaired) electrons. The molecule has 0 aliphatic heterocycles. The van der Waals surface area contributed by atoms with Gasteiger partial charge in [-0.2, -0.15) is 0 Å². The van der Waals surface area contributed by atoms with Gasteiger partial charge in [0.1, 0.15) is 12.6 Å². The molecule has 0 rings (SSSR count). The lowest BCUT2D eigenvalue weighted by molar-refractivity contribution is -0.161. The Labute approximate surface area is 330 Å². The van der Waals surface area contributed by atoms with Crippen LogP contribution in [0.4, 0.5) is 0 Å². The number of aliphatic hydroxyl groups excluding tert-OH is 1. The van der Waals surface area contributed by atoms with E-state index in [0.717, 1.165) is 70.6 Å². The van der Waals surface area contributed by atoms with Gasteiger partial charge in [0.05, 0.1) is 19.3 Å². The van der Waals surface area contributed by atoms with Crippen molar-refractivity contribution in [3.05, 3.63) is 60.8 Å². The first-order valence-electron chi connectivity index (χ1n) is 20.4. The quantitative estimate of drug-likeness (QED) is 0.0202. The average molecular weight is 798 g/mol. The number of carboxylic acid groups (broad SMARTS) is 1. The Morgan fingerprint density at radius 1 is 0.636 bits per heavy atom. The highest BCUT2D eigenvalue weighted by atomic mass is 31.2. The lowest BCUT2D eigenvalue weighted by atomic mass is 10.1. The van der Waals surface area contributed by atoms with E-state index in [1.54, 1.807) is 0 Å². The SMILES string of the molecule is CCCCCC/C=C\CCCCCCCC(=O)OC[C@H](COP(=O)(O)OC[C@H](N)C(=O)O)OC(=O)CCC/C=C\C/C=C\C/C=C\C/C=C\CC(O)CCC. The second-order valence-electron chi connectivity index (χ2n) is 13.6. The highest BCUT2D eigenvalue weighted by molar-refractivity contribution is 7.47. The molecule has 0 aliphatic rings. The molecule has 0 fully saturated rings. The van der Waals surface area contributed by atoms with Crippen LogP contribution in [0.25, 0.3) is 0 Å². The summed E-state index contributed by atoms with van der Waals surface area (Å²) in [5.41, 5.74) is 5.31. The minimum atomic E-state index is -4.74. The van der Waals surface area contributed by atoms with Crippen molar-refractivity contribution >= 4 is 25.7 Å². The van der Waals surface area contributed by atoms with Crippen molar-refractivity contribution in [1.82, 2.24) is 0 Å². The first-order chi connectivity index (χ1) is 26.5. The number of carbonyl (C=O) groups excluding carboxylic acids is 2. The lowest BCUT2D eigenvalue weighted by Gasteiger charge is -2.20. The fourth-order valence-corrected chi connectivity index (χ4v) is 5.84. The summed E-state index contributed by atoms with van der Waals surface area (Å²) >= 11 is 0. The van der Waals surface area contributed by atoms with E-state index in [1.807, 2.05) is 18.2 Å². The van der Waals surface area contributed by atoms with Crippen molar-refractivity contribution in [2.24, 2.45) is 5.73 Å². The molecule has 0 aliphatic carbocycles. The molecule has 316 valence electrons. The van der Waals surface area contributed by atoms with Crippen LogP contribution in [0.15, 0.2) is 60.8 Å². The third-order valence-corrected chi connectivity index (χ3v) is 9.24. The monoisotopic (exact) mass is 797 g/mol. The van der Waals surface area contributed by atoms with Crippen molar-refractivity contribution in [1.29, 1.82) is 0 Å². The van der Waals surface area contributed by atoms with Gasteiger partial charge in [-0.05, 0) is 77.0 Å². The molecular formula is C42H72NO11P. The van der Waals surface area contributed by atoms with Gasteiger partial charge in [0.25, 0.3) is 0 Å². The number of carboxylic acids is 1. The van der Waals surface area contributed by atoms with Crippen LogP contribution >= 0.6 is 7.82 Å². The maximum absolute atomic E-state index is 12.6. The normalized spacial score (nSPS) is 15.0. The highest BCUT2D eigenvalue weighted by Crippen LogP contribution is 2.43. The van der Waals surface area contributed by atoms with Crippen molar-refractivity contribution in [2.45, 2.75) is 167 Å². The van der Waals surface area contributed by atoms with E-state index in [-0.39, 0.29) is 25.6 Å². The molecule has 0 amide bonds. The number of ether oxygens (including phenoxy) is 2. The molecule has 0 saturated heterocycles. The summed E-state index contributed by atoms with van der Waals surface area (Å²) in [6.07, 6.45) is 37.9. The van der Waals surface area contributed by atoms with Gasteiger partial charge in [0, 0.05) is 12.8 Å². The number of aliphatic hydroxyl groups is 1. The van der Waals surface area contributed by atoms with Crippen molar-refractivity contribution in [3.8, 4) is 0 Å². The van der Waals surface area contributed by atoms with Gasteiger partial charge in [-0.25, -0.2) is 4.57 Å². The summed E-state index contributed by atoms with van der Waals surface area (Å²) in [6.45, 7) is 2.49. The Hall–Kier alpha value is -2.86. The van der Waals surface area contributed by atoms with E-state index in [9.17, 15) is 28.9 Å². The largest absolute Gasteiger partial charge is 0.480 e. The maximum atomic E-state index is 12.6. The highest BCUT2D eigenvalue weighted by Gasteiger charge is 2.28. The minimum Gasteiger partial charge on any atom is -0.480 e. The molecule has 0 aromatic heterocycles. The summed E-state index contributed by atoms with van der Waals surface area (Å²) in [5.74, 6) is -2.50. The Kier molecular flexibility index (Phi) is 34.8. The molecule has 4 atom stereocenters. The van der Waals surface area contributed by atoms with Crippen LogP contribution in [0.1, 0.15) is 149 Å². The lowest BCUT2D eigenvalue weighted by Crippen LogP contribution is -2.34. The third-order valence-electron chi connectivity index (χ3n) is 8.29. The fraction of sp³-hybridized carbons (Fsp3) is 0.690. The van der Waals surface area contributed by atoms with Crippen molar-refractivity contribution in [2.75, 3.05) is 19.8 Å². The summed E-state index contributed by atoms with van der Waals surface area (Å²) in [4.78, 5) is 45.8. The average Bonchev–Trinajstić information content (AvgIpc) is 3.15. The zero-order valence-electron chi connectivity index (χ0n) is 33.6. The minimum absolute atomic E-state index is 0.0664. The Morgan fingerprint density at radius 2 is 1.15 bits per heavy atom. The van der Waals surface area contributed by atoms with E-state index in [2.05, 4.69) is 60.9 Å². The Balaban J connectivity index is 4.55. The van der Waals surface area contributed by atoms with E-state index in [0.29, 0.717) is 25.7 Å². The van der Waals surface area contributed by atoms with Gasteiger partial charge in [0.15, 0.2) is 6.10 Å². The van der Waals surface area contributed by atoms with Gasteiger partial charge in [-0.15, -0.1) is 0 Å². The number of unbranched alkanes of at least 4 members (excludes halogenated alkanes) is 10. The molecule has 55 heavy (non-hydrogen) atoms. The molecule has 0 saturated carbocycles. The zero-order valence-corrected chi connectivity index (χ0v) is 34.5. The molecule has 0 aromatic carbocycles. The predicted octanol–water partition coefficient (Wildman–Crippen LogP) is 9.36. The van der Waals surface area contributed by atoms with Crippen LogP contribution in [0.3, 0.4) is 0 Å². The van der Waals surface area contributed by atoms with E-state index in [1.165, 1.54) is 25.7 Å². The van der Waals surface area contributed by atoms with Gasteiger partial charge in [-0.3, -0.25) is 23.4 Å². The second-order valence-corrected chi connectivity index (χ2v) is 15.0. The fourth-order valence-electron chi connectivity index (χ4n) is 5.07. The number of rotatable bonds is 37. The molecular weight excluding hydrogens is 725 g/mol. The van der Waals surface area contributed by atoms with Crippen molar-refractivity contribution < 1.29 is 52.6 Å². The van der Waals surface area contributed by atoms with Gasteiger partial charge in [0.2, 0.25) is 0 Å². The maximum Gasteiger partial charge on any atom is 0.472 e. The standard InChI is InChI=1S/C42H72NO11P/c1-3-5-6-7-8-9-10-12-16-19-22-25-28-32-40(45)51-34-38(35-52-55(49,50)53-36-39(43)42(47)48)54-41(46)33-29-26-23-20-17-14-11-13-15-18-21-24-27-31-37(44)30-4-2/h9-11,14-15,18,20,23-24,27,37-39,44H,3-8,12-13,16-17,19,21-22,25-26,28-36,43H2,1-2H3,(H,47,48)(H,49,50)/b10-9-,14-11-,18-15-,23-20-,27-24-/t37?,38-,39+/m1/s1. The van der Waals surface area contributed by atoms with Crippen LogP contribution in [0.2, 0.25) is 0 Å². The van der Waals surface area contributed by atoms with E-state index >= 15 is 0 Å². The number of phosphoric ester groups is 1.